The molecule has 1 aromatic heterocycles. The highest BCUT2D eigenvalue weighted by molar-refractivity contribution is 8.15. The zero-order valence-electron chi connectivity index (χ0n) is 7.20. The first-order valence-electron chi connectivity index (χ1n) is 3.88. The van der Waals surface area contributed by atoms with Gasteiger partial charge in [-0.05, 0) is 29.5 Å². The van der Waals surface area contributed by atoms with Crippen molar-refractivity contribution in [1.82, 2.24) is 10.2 Å². The fourth-order valence-corrected chi connectivity index (χ4v) is 1.96. The normalized spacial score (nSPS) is 12.0. The number of rotatable bonds is 1. The lowest BCUT2D eigenvalue weighted by Crippen LogP contribution is -1.77. The Hall–Kier alpha value is -0.960. The minimum Gasteiger partial charge on any atom is -0.278 e. The van der Waals surface area contributed by atoms with Crippen molar-refractivity contribution in [1.29, 1.82) is 0 Å². The van der Waals surface area contributed by atoms with Crippen LogP contribution in [0.4, 0.5) is 0 Å². The highest BCUT2D eigenvalue weighted by Crippen LogP contribution is 2.29. The highest BCUT2D eigenvalue weighted by atomic mass is 32.2. The number of aromatic nitrogens is 2. The fraction of sp³-hybridized carbons (Fsp3) is 0.222. The van der Waals surface area contributed by atoms with Crippen LogP contribution >= 0.6 is 10.9 Å². The first kappa shape index (κ1) is 7.68. The molecule has 3 heteroatoms. The third-order valence-electron chi connectivity index (χ3n) is 1.94. The summed E-state index contributed by atoms with van der Waals surface area (Å²) in [4.78, 5) is 1.42. The molecule has 0 aliphatic rings. The van der Waals surface area contributed by atoms with Crippen LogP contribution in [0.2, 0.25) is 0 Å². The summed E-state index contributed by atoms with van der Waals surface area (Å²) in [6.07, 6.45) is 6.37. The minimum absolute atomic E-state index is 0.00234. The Morgan fingerprint density at radius 2 is 2.17 bits per heavy atom. The largest absolute Gasteiger partial charge is 0.278 e. The molecule has 64 valence electrons. The molecule has 12 heavy (non-hydrogen) atoms. The summed E-state index contributed by atoms with van der Waals surface area (Å²) in [6.45, 7) is 0. The topological polar surface area (TPSA) is 28.7 Å². The van der Waals surface area contributed by atoms with Crippen LogP contribution in [0.25, 0.3) is 10.9 Å². The average molecular weight is 180 g/mol. The van der Waals surface area contributed by atoms with E-state index in [1.54, 1.807) is 0 Å². The summed E-state index contributed by atoms with van der Waals surface area (Å²) in [6, 6.07) is 6.49. The Labute approximate surface area is 74.3 Å². The van der Waals surface area contributed by atoms with E-state index in [2.05, 4.69) is 40.9 Å². The molecule has 0 amide bonds. The number of nitrogens with one attached hydrogen (secondary N) is 1. The van der Waals surface area contributed by atoms with Crippen LogP contribution in [-0.2, 0) is 0 Å². The van der Waals surface area contributed by atoms with Crippen molar-refractivity contribution in [3.63, 3.8) is 0 Å². The number of hydrogen-bond acceptors (Lipinski definition) is 1. The van der Waals surface area contributed by atoms with Gasteiger partial charge in [0.25, 0.3) is 0 Å². The molecule has 0 saturated heterocycles. The molecule has 1 heterocycles. The molecule has 0 unspecified atom stereocenters. The maximum atomic E-state index is 3.98. The summed E-state index contributed by atoms with van der Waals surface area (Å²) >= 11 is 0. The average Bonchev–Trinajstić information content (AvgIpc) is 2.49. The zero-order chi connectivity index (χ0) is 8.55. The van der Waals surface area contributed by atoms with Crippen LogP contribution in [0, 0.1) is 0 Å². The van der Waals surface area contributed by atoms with E-state index in [0.717, 1.165) is 5.52 Å². The molecule has 1 aromatic carbocycles. The van der Waals surface area contributed by atoms with Gasteiger partial charge in [-0.2, -0.15) is 5.10 Å². The van der Waals surface area contributed by atoms with Crippen molar-refractivity contribution >= 4 is 21.8 Å². The van der Waals surface area contributed by atoms with Gasteiger partial charge in [-0.25, -0.2) is 10.9 Å². The van der Waals surface area contributed by atoms with Crippen molar-refractivity contribution < 1.29 is 0 Å². The molecule has 0 bridgehead atoms. The Balaban J connectivity index is 2.60. The predicted octanol–water partition coefficient (Wildman–Crippen LogP) is 2.18. The Morgan fingerprint density at radius 3 is 2.92 bits per heavy atom. The second-order valence-corrected chi connectivity index (χ2v) is 5.34. The van der Waals surface area contributed by atoms with Crippen LogP contribution in [-0.4, -0.2) is 22.7 Å². The first-order valence-corrected chi connectivity index (χ1v) is 6.11. The van der Waals surface area contributed by atoms with E-state index >= 15 is 0 Å². The first-order chi connectivity index (χ1) is 5.77. The highest BCUT2D eigenvalue weighted by Gasteiger charge is 1.98. The number of hydrogen-bond donors (Lipinski definition) is 2. The van der Waals surface area contributed by atoms with Gasteiger partial charge >= 0.3 is 0 Å². The number of nitrogens with zero attached hydrogens (tertiary/aromatic N) is 1. The van der Waals surface area contributed by atoms with Gasteiger partial charge in [0.15, 0.2) is 0 Å². The third-order valence-corrected chi connectivity index (χ3v) is 3.25. The molecule has 0 radical (unpaired) electrons. The molecular weight excluding hydrogens is 168 g/mol. The Bertz CT molecular complexity index is 392. The number of H-pyrrole nitrogens is 1. The van der Waals surface area contributed by atoms with Crippen molar-refractivity contribution in [3.8, 4) is 0 Å². The van der Waals surface area contributed by atoms with Crippen LogP contribution in [0.15, 0.2) is 29.3 Å². The maximum absolute atomic E-state index is 3.98. The van der Waals surface area contributed by atoms with E-state index in [1.165, 1.54) is 10.3 Å². The van der Waals surface area contributed by atoms with Crippen LogP contribution in [0.3, 0.4) is 0 Å². The summed E-state index contributed by atoms with van der Waals surface area (Å²) in [5.41, 5.74) is 1.14. The van der Waals surface area contributed by atoms with Gasteiger partial charge < -0.3 is 0 Å². The quantitative estimate of drug-likeness (QED) is 0.647. The van der Waals surface area contributed by atoms with E-state index < -0.39 is 0 Å². The number of thiol groups is 1. The van der Waals surface area contributed by atoms with Gasteiger partial charge in [0.1, 0.15) is 0 Å². The molecule has 0 atom stereocenters. The smallest absolute Gasteiger partial charge is 0.0660 e. The van der Waals surface area contributed by atoms with E-state index in [4.69, 9.17) is 0 Å². The van der Waals surface area contributed by atoms with Crippen molar-refractivity contribution in [2.75, 3.05) is 12.5 Å². The lowest BCUT2D eigenvalue weighted by Gasteiger charge is -2.08. The molecule has 2 nitrogen and oxygen atoms in total. The molecule has 0 spiro atoms. The minimum atomic E-state index is 0.00234. The molecule has 2 aromatic rings. The predicted molar refractivity (Wildman–Crippen MR) is 55.2 cm³/mol. The number of aromatic amines is 1. The number of benzene rings is 1. The Morgan fingerprint density at radius 1 is 1.33 bits per heavy atom. The van der Waals surface area contributed by atoms with Gasteiger partial charge in [-0.3, -0.25) is 5.10 Å². The molecule has 0 fully saturated rings. The zero-order valence-corrected chi connectivity index (χ0v) is 8.10. The SMILES string of the molecule is C[SH](C)c1ccc2cn[nH]c2c1. The van der Waals surface area contributed by atoms with E-state index in [-0.39, 0.29) is 10.9 Å². The van der Waals surface area contributed by atoms with E-state index in [1.807, 2.05) is 6.20 Å². The van der Waals surface area contributed by atoms with Crippen molar-refractivity contribution in [2.24, 2.45) is 0 Å². The fourth-order valence-electron chi connectivity index (χ4n) is 1.20. The summed E-state index contributed by atoms with van der Waals surface area (Å²) in [7, 11) is 0.00234. The van der Waals surface area contributed by atoms with Gasteiger partial charge in [0.05, 0.1) is 11.7 Å². The molecule has 0 aliphatic heterocycles. The molecule has 0 aliphatic carbocycles. The summed E-state index contributed by atoms with van der Waals surface area (Å²) in [5, 5.41) is 8.15. The molecular formula is C9H12N2S. The van der Waals surface area contributed by atoms with E-state index in [9.17, 15) is 0 Å². The van der Waals surface area contributed by atoms with Crippen molar-refractivity contribution in [2.45, 2.75) is 4.90 Å². The molecule has 1 N–H and O–H groups in total. The molecule has 0 saturated carbocycles. The summed E-state index contributed by atoms with van der Waals surface area (Å²) in [5.74, 6) is 0. The lowest BCUT2D eigenvalue weighted by molar-refractivity contribution is 1.12. The van der Waals surface area contributed by atoms with Gasteiger partial charge in [-0.1, -0.05) is 6.07 Å². The standard InChI is InChI=1S/C9H12N2S/c1-12(2)8-4-3-7-6-10-11-9(7)5-8/h3-6,12H,1-2H3,(H,10,11). The summed E-state index contributed by atoms with van der Waals surface area (Å²) < 4.78 is 0. The van der Waals surface area contributed by atoms with Crippen LogP contribution in [0.5, 0.6) is 0 Å². The van der Waals surface area contributed by atoms with Crippen molar-refractivity contribution in [3.05, 3.63) is 24.4 Å². The van der Waals surface area contributed by atoms with Crippen LogP contribution in [0.1, 0.15) is 0 Å². The lowest BCUT2D eigenvalue weighted by atomic mass is 10.3. The molecule has 2 rings (SSSR count). The monoisotopic (exact) mass is 180 g/mol. The van der Waals surface area contributed by atoms with Gasteiger partial charge in [0, 0.05) is 5.39 Å². The number of fused-ring (bicyclic) bond motifs is 1. The van der Waals surface area contributed by atoms with Gasteiger partial charge in [0.2, 0.25) is 0 Å². The Kier molecular flexibility index (Phi) is 1.81. The second-order valence-electron chi connectivity index (χ2n) is 3.04. The third kappa shape index (κ3) is 1.20. The second kappa shape index (κ2) is 2.83. The van der Waals surface area contributed by atoms with Crippen LogP contribution < -0.4 is 0 Å². The maximum Gasteiger partial charge on any atom is 0.0660 e. The van der Waals surface area contributed by atoms with E-state index in [0.29, 0.717) is 0 Å². The van der Waals surface area contributed by atoms with Gasteiger partial charge in [-0.15, -0.1) is 0 Å².